The highest BCUT2D eigenvalue weighted by Gasteiger charge is 2.22. The van der Waals surface area contributed by atoms with Crippen LogP contribution in [0.1, 0.15) is 11.1 Å². The maximum absolute atomic E-state index is 10.6. The molecule has 2 aliphatic rings. The fourth-order valence-electron chi connectivity index (χ4n) is 4.67. The largest absolute Gasteiger partial charge is 0.491 e. The van der Waals surface area contributed by atoms with Crippen LogP contribution in [0, 0.1) is 0 Å². The average molecular weight is 515 g/mol. The Morgan fingerprint density at radius 3 is 1.39 bits per heavy atom. The van der Waals surface area contributed by atoms with E-state index in [-0.39, 0.29) is 13.2 Å². The number of ether oxygens (including phenoxy) is 2. The van der Waals surface area contributed by atoms with E-state index >= 15 is 0 Å². The number of benzene rings is 3. The number of β-amino-alcohol motifs (C(OH)–C–C–N with tert-alkyl or cyclic N) is 2. The lowest BCUT2D eigenvalue weighted by Crippen LogP contribution is -2.38. The minimum Gasteiger partial charge on any atom is -0.491 e. The summed E-state index contributed by atoms with van der Waals surface area (Å²) in [6.45, 7) is 4.31. The van der Waals surface area contributed by atoms with Gasteiger partial charge in [-0.3, -0.25) is 9.98 Å². The van der Waals surface area contributed by atoms with Gasteiger partial charge in [-0.2, -0.15) is 0 Å². The van der Waals surface area contributed by atoms with Gasteiger partial charge in [-0.15, -0.1) is 0 Å². The van der Waals surface area contributed by atoms with Crippen molar-refractivity contribution < 1.29 is 19.7 Å². The highest BCUT2D eigenvalue weighted by Crippen LogP contribution is 2.19. The van der Waals surface area contributed by atoms with E-state index in [9.17, 15) is 10.2 Å². The Morgan fingerprint density at radius 1 is 0.605 bits per heavy atom. The molecular weight excluding hydrogens is 480 g/mol. The molecule has 3 aromatic carbocycles. The molecule has 2 N–H and O–H groups in total. The van der Waals surface area contributed by atoms with Gasteiger partial charge in [0.05, 0.1) is 13.1 Å². The summed E-state index contributed by atoms with van der Waals surface area (Å²) >= 11 is 0. The van der Waals surface area contributed by atoms with Crippen LogP contribution in [-0.2, 0) is 0 Å². The molecule has 0 bridgehead atoms. The quantitative estimate of drug-likeness (QED) is 0.386. The van der Waals surface area contributed by atoms with Crippen molar-refractivity contribution in [2.45, 2.75) is 12.2 Å². The second-order valence-corrected chi connectivity index (χ2v) is 9.44. The minimum atomic E-state index is -0.650. The number of nitrogens with zero attached hydrogens (tertiary/aromatic N) is 4. The first-order valence-electron chi connectivity index (χ1n) is 13.1. The number of rotatable bonds is 12. The standard InChI is InChI=1S/C30H34N4O4/c35-25(19-33-17-15-31-29(33)23-7-3-1-4-8-23)21-37-27-11-13-28(14-12-27)38-22-26(36)20-34-18-16-32-30(34)24-9-5-2-6-10-24/h1-14,25-26,35-36H,15-22H2. The summed E-state index contributed by atoms with van der Waals surface area (Å²) in [4.78, 5) is 13.4. The van der Waals surface area contributed by atoms with Crippen molar-refractivity contribution >= 4 is 11.7 Å². The molecule has 2 aliphatic heterocycles. The number of aliphatic imine (C=N–C) groups is 2. The molecule has 0 aromatic heterocycles. The van der Waals surface area contributed by atoms with Crippen LogP contribution in [0.15, 0.2) is 94.9 Å². The zero-order valence-corrected chi connectivity index (χ0v) is 21.4. The average Bonchev–Trinajstić information content (AvgIpc) is 3.62. The number of amidine groups is 2. The van der Waals surface area contributed by atoms with E-state index in [1.807, 2.05) is 84.9 Å². The van der Waals surface area contributed by atoms with Crippen molar-refractivity contribution in [3.05, 3.63) is 96.1 Å². The van der Waals surface area contributed by atoms with Crippen LogP contribution in [0.25, 0.3) is 0 Å². The third-order valence-corrected chi connectivity index (χ3v) is 6.50. The summed E-state index contributed by atoms with van der Waals surface area (Å²) in [5.74, 6) is 3.13. The van der Waals surface area contributed by atoms with Crippen molar-refractivity contribution in [1.29, 1.82) is 0 Å². The van der Waals surface area contributed by atoms with Gasteiger partial charge in [0, 0.05) is 37.3 Å². The molecule has 0 aliphatic carbocycles. The molecule has 2 heterocycles. The Bertz CT molecular complexity index is 1120. The predicted octanol–water partition coefficient (Wildman–Crippen LogP) is 2.69. The molecule has 8 nitrogen and oxygen atoms in total. The maximum atomic E-state index is 10.6. The molecule has 38 heavy (non-hydrogen) atoms. The van der Waals surface area contributed by atoms with Crippen LogP contribution in [-0.4, -0.2) is 96.4 Å². The second kappa shape index (κ2) is 12.6. The lowest BCUT2D eigenvalue weighted by atomic mass is 10.2. The molecule has 8 heteroatoms. The highest BCUT2D eigenvalue weighted by atomic mass is 16.5. The zero-order chi connectivity index (χ0) is 26.2. The van der Waals surface area contributed by atoms with Gasteiger partial charge in [0.2, 0.25) is 0 Å². The van der Waals surface area contributed by atoms with E-state index in [1.54, 1.807) is 0 Å². The van der Waals surface area contributed by atoms with Crippen molar-refractivity contribution in [2.75, 3.05) is 52.5 Å². The van der Waals surface area contributed by atoms with Gasteiger partial charge >= 0.3 is 0 Å². The third-order valence-electron chi connectivity index (χ3n) is 6.50. The van der Waals surface area contributed by atoms with Crippen LogP contribution in [0.2, 0.25) is 0 Å². The fraction of sp³-hybridized carbons (Fsp3) is 0.333. The molecule has 2 unspecified atom stereocenters. The van der Waals surface area contributed by atoms with E-state index < -0.39 is 12.2 Å². The van der Waals surface area contributed by atoms with E-state index in [1.165, 1.54) is 0 Å². The minimum absolute atomic E-state index is 0.179. The monoisotopic (exact) mass is 514 g/mol. The van der Waals surface area contributed by atoms with E-state index in [0.29, 0.717) is 24.6 Å². The fourth-order valence-corrected chi connectivity index (χ4v) is 4.67. The molecule has 0 saturated carbocycles. The van der Waals surface area contributed by atoms with Gasteiger partial charge in [-0.25, -0.2) is 0 Å². The first-order chi connectivity index (χ1) is 18.7. The zero-order valence-electron chi connectivity index (χ0n) is 21.4. The number of hydrogen-bond donors (Lipinski definition) is 2. The van der Waals surface area contributed by atoms with Crippen molar-refractivity contribution in [3.63, 3.8) is 0 Å². The first-order valence-corrected chi connectivity index (χ1v) is 13.1. The second-order valence-electron chi connectivity index (χ2n) is 9.44. The molecule has 5 rings (SSSR count). The van der Waals surface area contributed by atoms with Crippen molar-refractivity contribution in [1.82, 2.24) is 9.80 Å². The Morgan fingerprint density at radius 2 is 1.00 bits per heavy atom. The summed E-state index contributed by atoms with van der Waals surface area (Å²) in [5.41, 5.74) is 2.12. The molecular formula is C30H34N4O4. The third kappa shape index (κ3) is 6.70. The lowest BCUT2D eigenvalue weighted by molar-refractivity contribution is 0.0873. The van der Waals surface area contributed by atoms with Gasteiger partial charge in [-0.05, 0) is 24.3 Å². The predicted molar refractivity (Wildman–Crippen MR) is 148 cm³/mol. The summed E-state index contributed by atoms with van der Waals surface area (Å²) < 4.78 is 11.6. The molecule has 2 atom stereocenters. The molecule has 0 saturated heterocycles. The van der Waals surface area contributed by atoms with Crippen LogP contribution in [0.5, 0.6) is 11.5 Å². The normalized spacial score (nSPS) is 16.7. The topological polar surface area (TPSA) is 90.1 Å². The number of aliphatic hydroxyl groups is 2. The van der Waals surface area contributed by atoms with Gasteiger partial charge in [0.15, 0.2) is 0 Å². The van der Waals surface area contributed by atoms with Gasteiger partial charge < -0.3 is 29.5 Å². The number of aliphatic hydroxyl groups excluding tert-OH is 2. The Balaban J connectivity index is 1.04. The first kappa shape index (κ1) is 25.8. The highest BCUT2D eigenvalue weighted by molar-refractivity contribution is 6.00. The SMILES string of the molecule is OC(COc1ccc(OCC(O)CN2CCN=C2c2ccccc2)cc1)CN1CCN=C1c1ccccc1. The Hall–Kier alpha value is -3.88. The maximum Gasteiger partial charge on any atom is 0.131 e. The van der Waals surface area contributed by atoms with E-state index in [2.05, 4.69) is 19.8 Å². The van der Waals surface area contributed by atoms with Crippen molar-refractivity contribution in [2.24, 2.45) is 9.98 Å². The molecule has 0 amide bonds. The van der Waals surface area contributed by atoms with Crippen LogP contribution in [0.3, 0.4) is 0 Å². The van der Waals surface area contributed by atoms with E-state index in [0.717, 1.165) is 49.0 Å². The summed E-state index contributed by atoms with van der Waals surface area (Å²) in [6.07, 6.45) is -1.30. The van der Waals surface area contributed by atoms with Crippen LogP contribution in [0.4, 0.5) is 0 Å². The molecule has 0 radical (unpaired) electrons. The Kier molecular flexibility index (Phi) is 8.53. The molecule has 198 valence electrons. The summed E-state index contributed by atoms with van der Waals surface area (Å²) in [6, 6.07) is 27.3. The summed E-state index contributed by atoms with van der Waals surface area (Å²) in [7, 11) is 0. The van der Waals surface area contributed by atoms with Gasteiger partial charge in [-0.1, -0.05) is 60.7 Å². The molecule has 0 fully saturated rings. The smallest absolute Gasteiger partial charge is 0.131 e. The Labute approximate surface area is 223 Å². The van der Waals surface area contributed by atoms with Gasteiger partial charge in [0.1, 0.15) is 48.6 Å². The summed E-state index contributed by atoms with van der Waals surface area (Å²) in [5, 5.41) is 21.1. The van der Waals surface area contributed by atoms with Crippen LogP contribution < -0.4 is 9.47 Å². The lowest BCUT2D eigenvalue weighted by Gasteiger charge is -2.24. The van der Waals surface area contributed by atoms with Gasteiger partial charge in [0.25, 0.3) is 0 Å². The number of hydrogen-bond acceptors (Lipinski definition) is 8. The molecule has 3 aromatic rings. The van der Waals surface area contributed by atoms with Crippen molar-refractivity contribution in [3.8, 4) is 11.5 Å². The van der Waals surface area contributed by atoms with Crippen LogP contribution >= 0.6 is 0 Å². The molecule has 0 spiro atoms. The van der Waals surface area contributed by atoms with E-state index in [4.69, 9.17) is 9.47 Å².